The van der Waals surface area contributed by atoms with Gasteiger partial charge in [-0.3, -0.25) is 0 Å². The van der Waals surface area contributed by atoms with E-state index in [-0.39, 0.29) is 5.41 Å². The van der Waals surface area contributed by atoms with Crippen LogP contribution in [0.3, 0.4) is 0 Å². The third-order valence-electron chi connectivity index (χ3n) is 2.98. The summed E-state index contributed by atoms with van der Waals surface area (Å²) < 4.78 is 0. The molecule has 1 unspecified atom stereocenters. The number of hydrogen-bond acceptors (Lipinski definition) is 1. The van der Waals surface area contributed by atoms with Crippen molar-refractivity contribution in [1.82, 2.24) is 0 Å². The molecule has 2 N–H and O–H groups in total. The first-order chi connectivity index (χ1) is 5.63. The lowest BCUT2D eigenvalue weighted by Gasteiger charge is -2.10. The third kappa shape index (κ3) is 1.05. The number of nitrogens with two attached hydrogens (primary N) is 1. The second-order valence-electron chi connectivity index (χ2n) is 4.10. The minimum Gasteiger partial charge on any atom is -0.327 e. The molecular formula is C11H15N. The van der Waals surface area contributed by atoms with Crippen LogP contribution >= 0.6 is 0 Å². The second-order valence-corrected chi connectivity index (χ2v) is 4.10. The molecule has 2 rings (SSSR count). The predicted molar refractivity (Wildman–Crippen MR) is 51.1 cm³/mol. The SMILES string of the molecule is Cc1cccc(C2(C)C[C@H]2N)c1. The Morgan fingerprint density at radius 2 is 2.17 bits per heavy atom. The summed E-state index contributed by atoms with van der Waals surface area (Å²) in [5.41, 5.74) is 8.88. The molecule has 12 heavy (non-hydrogen) atoms. The van der Waals surface area contributed by atoms with E-state index in [1.54, 1.807) is 0 Å². The first-order valence-corrected chi connectivity index (χ1v) is 4.46. The summed E-state index contributed by atoms with van der Waals surface area (Å²) in [5, 5.41) is 0. The van der Waals surface area contributed by atoms with Crippen LogP contribution in [-0.4, -0.2) is 6.04 Å². The Bertz CT molecular complexity index is 306. The maximum absolute atomic E-state index is 5.88. The van der Waals surface area contributed by atoms with Crippen LogP contribution in [0.1, 0.15) is 24.5 Å². The van der Waals surface area contributed by atoms with Crippen LogP contribution in [0.25, 0.3) is 0 Å². The van der Waals surface area contributed by atoms with Gasteiger partial charge in [-0.05, 0) is 18.9 Å². The molecule has 0 aromatic heterocycles. The van der Waals surface area contributed by atoms with Gasteiger partial charge in [0.2, 0.25) is 0 Å². The molecule has 1 aliphatic carbocycles. The molecule has 0 amide bonds. The average Bonchev–Trinajstić information content (AvgIpc) is 2.61. The van der Waals surface area contributed by atoms with E-state index in [9.17, 15) is 0 Å². The average molecular weight is 161 g/mol. The van der Waals surface area contributed by atoms with E-state index in [4.69, 9.17) is 5.73 Å². The maximum atomic E-state index is 5.88. The van der Waals surface area contributed by atoms with Crippen molar-refractivity contribution in [3.8, 4) is 0 Å². The molecule has 0 heterocycles. The van der Waals surface area contributed by atoms with Crippen molar-refractivity contribution in [3.63, 3.8) is 0 Å². The van der Waals surface area contributed by atoms with Gasteiger partial charge in [-0.25, -0.2) is 0 Å². The zero-order valence-electron chi connectivity index (χ0n) is 7.67. The van der Waals surface area contributed by atoms with Crippen LogP contribution in [0.5, 0.6) is 0 Å². The highest BCUT2D eigenvalue weighted by Gasteiger charge is 2.48. The number of aryl methyl sites for hydroxylation is 1. The van der Waals surface area contributed by atoms with Gasteiger partial charge in [-0.2, -0.15) is 0 Å². The van der Waals surface area contributed by atoms with Gasteiger partial charge < -0.3 is 5.73 Å². The van der Waals surface area contributed by atoms with Gasteiger partial charge in [0.25, 0.3) is 0 Å². The summed E-state index contributed by atoms with van der Waals surface area (Å²) in [4.78, 5) is 0. The van der Waals surface area contributed by atoms with E-state index in [0.717, 1.165) is 6.42 Å². The first kappa shape index (κ1) is 7.81. The minimum atomic E-state index is 0.270. The molecular weight excluding hydrogens is 146 g/mol. The zero-order valence-corrected chi connectivity index (χ0v) is 7.67. The Morgan fingerprint density at radius 3 is 2.67 bits per heavy atom. The van der Waals surface area contributed by atoms with Gasteiger partial charge >= 0.3 is 0 Å². The summed E-state index contributed by atoms with van der Waals surface area (Å²) in [6, 6.07) is 9.04. The van der Waals surface area contributed by atoms with Crippen molar-refractivity contribution >= 4 is 0 Å². The van der Waals surface area contributed by atoms with Crippen LogP contribution in [0.2, 0.25) is 0 Å². The molecule has 0 saturated heterocycles. The highest BCUT2D eigenvalue weighted by molar-refractivity contribution is 5.36. The van der Waals surface area contributed by atoms with E-state index in [0.29, 0.717) is 6.04 Å². The molecule has 64 valence electrons. The van der Waals surface area contributed by atoms with Crippen molar-refractivity contribution in [2.75, 3.05) is 0 Å². The molecule has 0 bridgehead atoms. The highest BCUT2D eigenvalue weighted by atomic mass is 14.8. The third-order valence-corrected chi connectivity index (χ3v) is 2.98. The Morgan fingerprint density at radius 1 is 1.50 bits per heavy atom. The Balaban J connectivity index is 2.36. The molecule has 1 aliphatic rings. The van der Waals surface area contributed by atoms with E-state index in [2.05, 4.69) is 38.1 Å². The minimum absolute atomic E-state index is 0.270. The van der Waals surface area contributed by atoms with Gasteiger partial charge in [-0.1, -0.05) is 36.8 Å². The zero-order chi connectivity index (χ0) is 8.77. The topological polar surface area (TPSA) is 26.0 Å². The summed E-state index contributed by atoms with van der Waals surface area (Å²) >= 11 is 0. The highest BCUT2D eigenvalue weighted by Crippen LogP contribution is 2.46. The molecule has 1 saturated carbocycles. The smallest absolute Gasteiger partial charge is 0.0143 e. The van der Waals surface area contributed by atoms with Crippen molar-refractivity contribution in [2.24, 2.45) is 5.73 Å². The fraction of sp³-hybridized carbons (Fsp3) is 0.455. The number of hydrogen-bond donors (Lipinski definition) is 1. The summed E-state index contributed by atoms with van der Waals surface area (Å²) in [6.07, 6.45) is 1.14. The molecule has 0 aliphatic heterocycles. The Labute approximate surface area is 73.6 Å². The number of benzene rings is 1. The van der Waals surface area contributed by atoms with E-state index in [1.807, 2.05) is 0 Å². The molecule has 1 aromatic rings. The fourth-order valence-electron chi connectivity index (χ4n) is 1.73. The molecule has 1 fully saturated rings. The lowest BCUT2D eigenvalue weighted by atomic mass is 9.96. The van der Waals surface area contributed by atoms with Crippen LogP contribution in [-0.2, 0) is 5.41 Å². The van der Waals surface area contributed by atoms with Crippen molar-refractivity contribution < 1.29 is 0 Å². The Hall–Kier alpha value is -0.820. The first-order valence-electron chi connectivity index (χ1n) is 4.46. The van der Waals surface area contributed by atoms with Gasteiger partial charge in [0.05, 0.1) is 0 Å². The quantitative estimate of drug-likeness (QED) is 0.669. The molecule has 0 radical (unpaired) electrons. The molecule has 1 nitrogen and oxygen atoms in total. The lowest BCUT2D eigenvalue weighted by molar-refractivity contribution is 0.740. The second kappa shape index (κ2) is 2.33. The van der Waals surface area contributed by atoms with Crippen LogP contribution < -0.4 is 5.73 Å². The van der Waals surface area contributed by atoms with Crippen LogP contribution in [0.4, 0.5) is 0 Å². The van der Waals surface area contributed by atoms with Crippen molar-refractivity contribution in [2.45, 2.75) is 31.7 Å². The summed E-state index contributed by atoms with van der Waals surface area (Å²) in [5.74, 6) is 0. The normalized spacial score (nSPS) is 33.4. The monoisotopic (exact) mass is 161 g/mol. The molecule has 2 atom stereocenters. The lowest BCUT2D eigenvalue weighted by Crippen LogP contribution is -2.14. The fourth-order valence-corrected chi connectivity index (χ4v) is 1.73. The largest absolute Gasteiger partial charge is 0.327 e. The summed E-state index contributed by atoms with van der Waals surface area (Å²) in [7, 11) is 0. The van der Waals surface area contributed by atoms with Crippen molar-refractivity contribution in [3.05, 3.63) is 35.4 Å². The van der Waals surface area contributed by atoms with E-state index >= 15 is 0 Å². The van der Waals surface area contributed by atoms with Gasteiger partial charge in [-0.15, -0.1) is 0 Å². The maximum Gasteiger partial charge on any atom is 0.0143 e. The standard InChI is InChI=1S/C11H15N/c1-8-4-3-5-9(6-8)11(2)7-10(11)12/h3-6,10H,7,12H2,1-2H3/t10-,11?/m1/s1. The van der Waals surface area contributed by atoms with Crippen LogP contribution in [0.15, 0.2) is 24.3 Å². The molecule has 1 heteroatoms. The summed E-state index contributed by atoms with van der Waals surface area (Å²) in [6.45, 7) is 4.37. The molecule has 1 aromatic carbocycles. The van der Waals surface area contributed by atoms with E-state index in [1.165, 1.54) is 11.1 Å². The van der Waals surface area contributed by atoms with Gasteiger partial charge in [0.15, 0.2) is 0 Å². The molecule has 0 spiro atoms. The van der Waals surface area contributed by atoms with Crippen molar-refractivity contribution in [1.29, 1.82) is 0 Å². The Kier molecular flexibility index (Phi) is 1.52. The van der Waals surface area contributed by atoms with Gasteiger partial charge in [0.1, 0.15) is 0 Å². The van der Waals surface area contributed by atoms with Crippen LogP contribution in [0, 0.1) is 6.92 Å². The number of rotatable bonds is 1. The van der Waals surface area contributed by atoms with Gasteiger partial charge in [0, 0.05) is 11.5 Å². The van der Waals surface area contributed by atoms with E-state index < -0.39 is 0 Å². The predicted octanol–water partition coefficient (Wildman–Crippen LogP) is 1.98.